The summed E-state index contributed by atoms with van der Waals surface area (Å²) in [5, 5.41) is 22.4. The summed E-state index contributed by atoms with van der Waals surface area (Å²) in [6, 6.07) is 12.6. The van der Waals surface area contributed by atoms with E-state index in [1.54, 1.807) is 12.1 Å². The second-order valence-electron chi connectivity index (χ2n) is 4.42. The third-order valence-corrected chi connectivity index (χ3v) is 3.00. The molecular weight excluding hydrogens is 226 g/mol. The van der Waals surface area contributed by atoms with Crippen LogP contribution in [0.15, 0.2) is 42.5 Å². The molecule has 1 unspecified atom stereocenters. The number of rotatable bonds is 3. The van der Waals surface area contributed by atoms with E-state index >= 15 is 0 Å². The highest BCUT2D eigenvalue weighted by Gasteiger charge is 2.11. The quantitative estimate of drug-likeness (QED) is 0.772. The molecule has 94 valence electrons. The Labute approximate surface area is 107 Å². The Morgan fingerprint density at radius 2 is 1.78 bits per heavy atom. The van der Waals surface area contributed by atoms with Gasteiger partial charge in [-0.05, 0) is 37.6 Å². The molecule has 2 aromatic carbocycles. The van der Waals surface area contributed by atoms with Crippen LogP contribution >= 0.6 is 0 Å². The van der Waals surface area contributed by atoms with Crippen molar-refractivity contribution in [2.75, 3.05) is 5.32 Å². The molecule has 0 aliphatic carbocycles. The summed E-state index contributed by atoms with van der Waals surface area (Å²) in [5.74, 6) is 0.169. The van der Waals surface area contributed by atoms with Crippen LogP contribution in [0.3, 0.4) is 0 Å². The van der Waals surface area contributed by atoms with Crippen LogP contribution in [0.5, 0.6) is 11.5 Å². The fourth-order valence-corrected chi connectivity index (χ4v) is 1.94. The zero-order valence-corrected chi connectivity index (χ0v) is 10.5. The van der Waals surface area contributed by atoms with Crippen LogP contribution in [-0.2, 0) is 0 Å². The summed E-state index contributed by atoms with van der Waals surface area (Å²) >= 11 is 0. The molecule has 0 radical (unpaired) electrons. The highest BCUT2D eigenvalue weighted by atomic mass is 16.3. The van der Waals surface area contributed by atoms with Crippen LogP contribution in [0.4, 0.5) is 5.69 Å². The number of aryl methyl sites for hydroxylation is 1. The summed E-state index contributed by atoms with van der Waals surface area (Å²) in [6.07, 6.45) is 0. The van der Waals surface area contributed by atoms with Gasteiger partial charge in [-0.2, -0.15) is 0 Å². The monoisotopic (exact) mass is 243 g/mol. The van der Waals surface area contributed by atoms with Crippen molar-refractivity contribution in [1.29, 1.82) is 0 Å². The normalized spacial score (nSPS) is 12.1. The van der Waals surface area contributed by atoms with E-state index in [0.717, 1.165) is 16.8 Å². The Morgan fingerprint density at radius 3 is 2.44 bits per heavy atom. The summed E-state index contributed by atoms with van der Waals surface area (Å²) in [4.78, 5) is 0. The minimum Gasteiger partial charge on any atom is -0.508 e. The second-order valence-corrected chi connectivity index (χ2v) is 4.42. The van der Waals surface area contributed by atoms with Crippen LogP contribution in [-0.4, -0.2) is 10.2 Å². The first-order valence-electron chi connectivity index (χ1n) is 5.92. The van der Waals surface area contributed by atoms with Gasteiger partial charge in [0.05, 0.1) is 6.04 Å². The molecule has 0 saturated carbocycles. The summed E-state index contributed by atoms with van der Waals surface area (Å²) in [6.45, 7) is 4.00. The van der Waals surface area contributed by atoms with E-state index in [9.17, 15) is 10.2 Å². The van der Waals surface area contributed by atoms with Crippen LogP contribution in [0.25, 0.3) is 0 Å². The Balaban J connectivity index is 2.22. The van der Waals surface area contributed by atoms with E-state index in [1.165, 1.54) is 6.07 Å². The minimum absolute atomic E-state index is 0.0355. The lowest BCUT2D eigenvalue weighted by Crippen LogP contribution is -2.07. The van der Waals surface area contributed by atoms with Gasteiger partial charge in [-0.1, -0.05) is 18.2 Å². The van der Waals surface area contributed by atoms with Crippen molar-refractivity contribution >= 4 is 5.69 Å². The summed E-state index contributed by atoms with van der Waals surface area (Å²) < 4.78 is 0. The highest BCUT2D eigenvalue weighted by Crippen LogP contribution is 2.30. The number of nitrogens with one attached hydrogen (secondary N) is 1. The lowest BCUT2D eigenvalue weighted by atomic mass is 10.1. The first kappa shape index (κ1) is 12.3. The largest absolute Gasteiger partial charge is 0.508 e. The van der Waals surface area contributed by atoms with Crippen LogP contribution in [0, 0.1) is 6.92 Å². The lowest BCUT2D eigenvalue weighted by Gasteiger charge is -2.18. The molecular formula is C15H17NO2. The van der Waals surface area contributed by atoms with Gasteiger partial charge in [0.1, 0.15) is 11.5 Å². The zero-order valence-electron chi connectivity index (χ0n) is 10.5. The first-order chi connectivity index (χ1) is 8.58. The molecule has 0 spiro atoms. The Bertz CT molecular complexity index is 552. The molecule has 0 saturated heterocycles. The standard InChI is InChI=1S/C15H17NO2/c1-10-5-3-4-6-14(10)16-11(2)13-8-7-12(17)9-15(13)18/h3-9,11,16-18H,1-2H3. The van der Waals surface area contributed by atoms with Gasteiger partial charge in [-0.3, -0.25) is 0 Å². The van der Waals surface area contributed by atoms with Gasteiger partial charge in [0.2, 0.25) is 0 Å². The van der Waals surface area contributed by atoms with Gasteiger partial charge in [0.25, 0.3) is 0 Å². The number of phenols is 2. The average molecular weight is 243 g/mol. The summed E-state index contributed by atoms with van der Waals surface area (Å²) in [7, 11) is 0. The van der Waals surface area contributed by atoms with Crippen molar-refractivity contribution in [2.24, 2.45) is 0 Å². The van der Waals surface area contributed by atoms with Crippen molar-refractivity contribution in [2.45, 2.75) is 19.9 Å². The zero-order chi connectivity index (χ0) is 13.1. The van der Waals surface area contributed by atoms with Crippen molar-refractivity contribution in [3.8, 4) is 11.5 Å². The molecule has 2 aromatic rings. The van der Waals surface area contributed by atoms with Crippen molar-refractivity contribution in [3.05, 3.63) is 53.6 Å². The van der Waals surface area contributed by atoms with E-state index in [2.05, 4.69) is 5.32 Å². The summed E-state index contributed by atoms with van der Waals surface area (Å²) in [5.41, 5.74) is 2.95. The second kappa shape index (κ2) is 5.00. The number of phenolic OH excluding ortho intramolecular Hbond substituents is 2. The smallest absolute Gasteiger partial charge is 0.124 e. The molecule has 2 rings (SSSR count). The van der Waals surface area contributed by atoms with Gasteiger partial charge in [-0.25, -0.2) is 0 Å². The van der Waals surface area contributed by atoms with Gasteiger partial charge < -0.3 is 15.5 Å². The van der Waals surface area contributed by atoms with Crippen LogP contribution < -0.4 is 5.32 Å². The van der Waals surface area contributed by atoms with Crippen LogP contribution in [0.2, 0.25) is 0 Å². The molecule has 3 nitrogen and oxygen atoms in total. The van der Waals surface area contributed by atoms with E-state index in [4.69, 9.17) is 0 Å². The Hall–Kier alpha value is -2.16. The lowest BCUT2D eigenvalue weighted by molar-refractivity contribution is 0.444. The average Bonchev–Trinajstić information content (AvgIpc) is 2.32. The maximum atomic E-state index is 9.81. The molecule has 18 heavy (non-hydrogen) atoms. The van der Waals surface area contributed by atoms with E-state index in [-0.39, 0.29) is 17.5 Å². The molecule has 0 amide bonds. The van der Waals surface area contributed by atoms with Gasteiger partial charge >= 0.3 is 0 Å². The number of aromatic hydroxyl groups is 2. The molecule has 0 aliphatic heterocycles. The number of para-hydroxylation sites is 1. The van der Waals surface area contributed by atoms with Crippen molar-refractivity contribution in [1.82, 2.24) is 0 Å². The molecule has 0 aromatic heterocycles. The SMILES string of the molecule is Cc1ccccc1NC(C)c1ccc(O)cc1O. The molecule has 3 N–H and O–H groups in total. The van der Waals surface area contributed by atoms with E-state index in [0.29, 0.717) is 0 Å². The molecule has 1 atom stereocenters. The van der Waals surface area contributed by atoms with E-state index in [1.807, 2.05) is 38.1 Å². The number of benzene rings is 2. The third-order valence-electron chi connectivity index (χ3n) is 3.00. The highest BCUT2D eigenvalue weighted by molar-refractivity contribution is 5.53. The first-order valence-corrected chi connectivity index (χ1v) is 5.92. The molecule has 0 aliphatic rings. The number of hydrogen-bond donors (Lipinski definition) is 3. The van der Waals surface area contributed by atoms with E-state index < -0.39 is 0 Å². The van der Waals surface area contributed by atoms with Gasteiger partial charge in [-0.15, -0.1) is 0 Å². The third kappa shape index (κ3) is 2.56. The Morgan fingerprint density at radius 1 is 1.06 bits per heavy atom. The fraction of sp³-hybridized carbons (Fsp3) is 0.200. The van der Waals surface area contributed by atoms with Crippen molar-refractivity contribution in [3.63, 3.8) is 0 Å². The molecule has 3 heteroatoms. The van der Waals surface area contributed by atoms with Crippen LogP contribution in [0.1, 0.15) is 24.1 Å². The number of hydrogen-bond acceptors (Lipinski definition) is 3. The Kier molecular flexibility index (Phi) is 3.42. The maximum absolute atomic E-state index is 9.81. The predicted molar refractivity (Wildman–Crippen MR) is 73.0 cm³/mol. The van der Waals surface area contributed by atoms with Crippen molar-refractivity contribution < 1.29 is 10.2 Å². The minimum atomic E-state index is -0.0355. The molecule has 0 heterocycles. The van der Waals surface area contributed by atoms with Gasteiger partial charge in [0, 0.05) is 17.3 Å². The number of anilines is 1. The fourth-order valence-electron chi connectivity index (χ4n) is 1.94. The maximum Gasteiger partial charge on any atom is 0.124 e. The predicted octanol–water partition coefficient (Wildman–Crippen LogP) is 3.58. The van der Waals surface area contributed by atoms with Gasteiger partial charge in [0.15, 0.2) is 0 Å². The molecule has 0 bridgehead atoms. The topological polar surface area (TPSA) is 52.5 Å². The molecule has 0 fully saturated rings.